The van der Waals surface area contributed by atoms with Crippen LogP contribution in [-0.2, 0) is 6.42 Å². The lowest BCUT2D eigenvalue weighted by molar-refractivity contribution is 0.0971. The maximum atomic E-state index is 11.8. The highest BCUT2D eigenvalue weighted by molar-refractivity contribution is 5.99. The highest BCUT2D eigenvalue weighted by Crippen LogP contribution is 2.29. The Morgan fingerprint density at radius 3 is 2.95 bits per heavy atom. The molecule has 0 aliphatic heterocycles. The van der Waals surface area contributed by atoms with E-state index in [0.29, 0.717) is 6.42 Å². The summed E-state index contributed by atoms with van der Waals surface area (Å²) in [4.78, 5) is 11.8. The van der Waals surface area contributed by atoms with E-state index in [1.807, 2.05) is 24.3 Å². The fraction of sp³-hybridized carbons (Fsp3) is 0.471. The second-order valence-electron chi connectivity index (χ2n) is 5.05. The third-order valence-electron chi connectivity index (χ3n) is 3.57. The van der Waals surface area contributed by atoms with E-state index >= 15 is 0 Å². The summed E-state index contributed by atoms with van der Waals surface area (Å²) in [7, 11) is 0. The molecule has 1 aliphatic rings. The first kappa shape index (κ1) is 13.9. The second kappa shape index (κ2) is 7.13. The zero-order valence-corrected chi connectivity index (χ0v) is 11.5. The Balaban J connectivity index is 1.88. The number of benzene rings is 1. The third kappa shape index (κ3) is 3.69. The monoisotopic (exact) mass is 258 g/mol. The molecule has 0 amide bonds. The molecule has 1 aromatic rings. The van der Waals surface area contributed by atoms with Crippen LogP contribution in [-0.4, -0.2) is 12.4 Å². The van der Waals surface area contributed by atoms with Crippen molar-refractivity contribution >= 4 is 5.78 Å². The van der Waals surface area contributed by atoms with Crippen LogP contribution >= 0.6 is 0 Å². The summed E-state index contributed by atoms with van der Waals surface area (Å²) < 4.78 is 5.85. The van der Waals surface area contributed by atoms with Gasteiger partial charge in [0, 0.05) is 17.5 Å². The van der Waals surface area contributed by atoms with Gasteiger partial charge in [-0.1, -0.05) is 18.2 Å². The number of hydrogen-bond acceptors (Lipinski definition) is 2. The van der Waals surface area contributed by atoms with Crippen LogP contribution in [0.4, 0.5) is 0 Å². The highest BCUT2D eigenvalue weighted by atomic mass is 16.5. The smallest absolute Gasteiger partial charge is 0.163 e. The van der Waals surface area contributed by atoms with Crippen LogP contribution in [0.1, 0.15) is 54.4 Å². The van der Waals surface area contributed by atoms with Gasteiger partial charge in [-0.05, 0) is 44.6 Å². The molecule has 0 aromatic heterocycles. The number of carbonyl (C=O) groups excluding carboxylic acids is 1. The van der Waals surface area contributed by atoms with Crippen molar-refractivity contribution in [2.75, 3.05) is 6.61 Å². The largest absolute Gasteiger partial charge is 0.493 e. The van der Waals surface area contributed by atoms with E-state index in [4.69, 9.17) is 4.74 Å². The first-order valence-corrected chi connectivity index (χ1v) is 7.21. The van der Waals surface area contributed by atoms with Gasteiger partial charge in [-0.2, -0.15) is 0 Å². The summed E-state index contributed by atoms with van der Waals surface area (Å²) in [6.45, 7) is 4.46. The quantitative estimate of drug-likeness (QED) is 0.537. The number of fused-ring (bicyclic) bond motifs is 1. The minimum Gasteiger partial charge on any atom is -0.493 e. The van der Waals surface area contributed by atoms with Crippen LogP contribution in [0.25, 0.3) is 0 Å². The molecule has 102 valence electrons. The topological polar surface area (TPSA) is 26.3 Å². The van der Waals surface area contributed by atoms with Crippen molar-refractivity contribution < 1.29 is 9.53 Å². The predicted molar refractivity (Wildman–Crippen MR) is 77.9 cm³/mol. The molecule has 0 unspecified atom stereocenters. The molecule has 0 saturated carbocycles. The molecule has 0 radical (unpaired) electrons. The van der Waals surface area contributed by atoms with Crippen molar-refractivity contribution in [1.29, 1.82) is 0 Å². The highest BCUT2D eigenvalue weighted by Gasteiger charge is 2.19. The molecule has 1 aliphatic carbocycles. The average molecular weight is 258 g/mol. The molecule has 2 rings (SSSR count). The normalized spacial score (nSPS) is 14.0. The zero-order chi connectivity index (χ0) is 13.5. The summed E-state index contributed by atoms with van der Waals surface area (Å²) in [6.07, 6.45) is 9.04. The number of ketones is 1. The van der Waals surface area contributed by atoms with Crippen molar-refractivity contribution in [3.05, 3.63) is 42.0 Å². The van der Waals surface area contributed by atoms with E-state index < -0.39 is 0 Å². The zero-order valence-electron chi connectivity index (χ0n) is 11.5. The van der Waals surface area contributed by atoms with Gasteiger partial charge >= 0.3 is 0 Å². The minimum absolute atomic E-state index is 0.262. The summed E-state index contributed by atoms with van der Waals surface area (Å²) >= 11 is 0. The maximum Gasteiger partial charge on any atom is 0.163 e. The summed E-state index contributed by atoms with van der Waals surface area (Å²) in [6, 6.07) is 5.84. The minimum atomic E-state index is 0.262. The number of carbonyl (C=O) groups is 1. The van der Waals surface area contributed by atoms with E-state index in [9.17, 15) is 4.79 Å². The number of hydrogen-bond donors (Lipinski definition) is 0. The summed E-state index contributed by atoms with van der Waals surface area (Å²) in [5, 5.41) is 0. The Labute approximate surface area is 115 Å². The predicted octanol–water partition coefficient (Wildman–Crippen LogP) is 4.33. The van der Waals surface area contributed by atoms with E-state index in [0.717, 1.165) is 49.2 Å². The van der Waals surface area contributed by atoms with Crippen molar-refractivity contribution in [3.8, 4) is 5.75 Å². The van der Waals surface area contributed by atoms with Crippen LogP contribution in [0.15, 0.2) is 30.9 Å². The molecule has 0 bridgehead atoms. The molecular formula is C17H22O2. The van der Waals surface area contributed by atoms with E-state index in [2.05, 4.69) is 6.58 Å². The molecule has 0 spiro atoms. The lowest BCUT2D eigenvalue weighted by Crippen LogP contribution is -2.12. The van der Waals surface area contributed by atoms with Gasteiger partial charge in [-0.15, -0.1) is 6.58 Å². The molecule has 2 heteroatoms. The van der Waals surface area contributed by atoms with Gasteiger partial charge in [0.1, 0.15) is 5.75 Å². The lowest BCUT2D eigenvalue weighted by atomic mass is 9.90. The number of Topliss-reactive ketones (excluding diaryl/α,β-unsaturated/α-hetero) is 1. The van der Waals surface area contributed by atoms with Gasteiger partial charge in [0.2, 0.25) is 0 Å². The van der Waals surface area contributed by atoms with Crippen molar-refractivity contribution in [2.45, 2.75) is 44.9 Å². The molecular weight excluding hydrogens is 236 g/mol. The summed E-state index contributed by atoms with van der Waals surface area (Å²) in [5.41, 5.74) is 1.99. The molecule has 0 N–H and O–H groups in total. The fourth-order valence-corrected chi connectivity index (χ4v) is 2.53. The standard InChI is InChI=1S/C17H22O2/c1-2-3-4-5-6-13-19-17-12-8-9-14-15(17)10-7-11-16(14)18/h2,8-9,12H,1,3-7,10-11,13H2. The Morgan fingerprint density at radius 2 is 2.11 bits per heavy atom. The molecule has 0 saturated heterocycles. The number of ether oxygens (including phenoxy) is 1. The Morgan fingerprint density at radius 1 is 1.21 bits per heavy atom. The van der Waals surface area contributed by atoms with E-state index in [-0.39, 0.29) is 5.78 Å². The van der Waals surface area contributed by atoms with Gasteiger partial charge in [-0.25, -0.2) is 0 Å². The Hall–Kier alpha value is -1.57. The molecule has 0 heterocycles. The van der Waals surface area contributed by atoms with Crippen LogP contribution in [0, 0.1) is 0 Å². The third-order valence-corrected chi connectivity index (χ3v) is 3.57. The maximum absolute atomic E-state index is 11.8. The Kier molecular flexibility index (Phi) is 5.20. The first-order valence-electron chi connectivity index (χ1n) is 7.21. The van der Waals surface area contributed by atoms with Gasteiger partial charge in [0.25, 0.3) is 0 Å². The van der Waals surface area contributed by atoms with Gasteiger partial charge < -0.3 is 4.74 Å². The summed E-state index contributed by atoms with van der Waals surface area (Å²) in [5.74, 6) is 1.17. The first-order chi connectivity index (χ1) is 9.33. The van der Waals surface area contributed by atoms with Gasteiger partial charge in [0.05, 0.1) is 6.61 Å². The molecule has 1 aromatic carbocycles. The van der Waals surface area contributed by atoms with Gasteiger partial charge in [-0.3, -0.25) is 4.79 Å². The van der Waals surface area contributed by atoms with E-state index in [1.165, 1.54) is 12.8 Å². The Bertz CT molecular complexity index is 449. The molecule has 0 atom stereocenters. The SMILES string of the molecule is C=CCCCCCOc1cccc2c1CCCC2=O. The van der Waals surface area contributed by atoms with Crippen LogP contribution in [0.2, 0.25) is 0 Å². The van der Waals surface area contributed by atoms with Crippen molar-refractivity contribution in [1.82, 2.24) is 0 Å². The number of allylic oxidation sites excluding steroid dienone is 1. The van der Waals surface area contributed by atoms with E-state index in [1.54, 1.807) is 0 Å². The van der Waals surface area contributed by atoms with Crippen LogP contribution in [0.5, 0.6) is 5.75 Å². The number of rotatable bonds is 7. The van der Waals surface area contributed by atoms with Crippen LogP contribution < -0.4 is 4.74 Å². The van der Waals surface area contributed by atoms with Gasteiger partial charge in [0.15, 0.2) is 5.78 Å². The van der Waals surface area contributed by atoms with Crippen molar-refractivity contribution in [3.63, 3.8) is 0 Å². The molecule has 19 heavy (non-hydrogen) atoms. The molecule has 2 nitrogen and oxygen atoms in total. The number of unbranched alkanes of at least 4 members (excludes halogenated alkanes) is 3. The van der Waals surface area contributed by atoms with Crippen molar-refractivity contribution in [2.24, 2.45) is 0 Å². The lowest BCUT2D eigenvalue weighted by Gasteiger charge is -2.18. The fourth-order valence-electron chi connectivity index (χ4n) is 2.53. The second-order valence-corrected chi connectivity index (χ2v) is 5.05. The molecule has 0 fully saturated rings. The average Bonchev–Trinajstić information content (AvgIpc) is 2.43. The van der Waals surface area contributed by atoms with Crippen LogP contribution in [0.3, 0.4) is 0 Å².